The fourth-order valence-corrected chi connectivity index (χ4v) is 2.12. The Morgan fingerprint density at radius 1 is 0.857 bits per heavy atom. The van der Waals surface area contributed by atoms with Gasteiger partial charge in [-0.05, 0) is 24.7 Å². The second kappa shape index (κ2) is 8.28. The lowest BCUT2D eigenvalue weighted by Gasteiger charge is -2.25. The molecule has 0 rings (SSSR count). The van der Waals surface area contributed by atoms with Crippen molar-refractivity contribution in [3.63, 3.8) is 0 Å². The molecule has 0 aromatic heterocycles. The molecule has 0 aromatic rings. The number of rotatable bonds is 8. The Labute approximate surface area is 90.5 Å². The van der Waals surface area contributed by atoms with Crippen molar-refractivity contribution in [2.75, 3.05) is 0 Å². The van der Waals surface area contributed by atoms with Crippen molar-refractivity contribution in [2.24, 2.45) is 17.6 Å². The SMILES string of the molecule is CCCCC[C@H](C)[C@@H](N)C(C)CCC. The van der Waals surface area contributed by atoms with Crippen LogP contribution in [0.5, 0.6) is 0 Å². The minimum atomic E-state index is 0.409. The minimum Gasteiger partial charge on any atom is -0.327 e. The lowest BCUT2D eigenvalue weighted by atomic mass is 9.85. The molecule has 1 unspecified atom stereocenters. The standard InChI is InChI=1S/C13H29N/c1-5-7-8-10-12(4)13(14)11(3)9-6-2/h11-13H,5-10,14H2,1-4H3/t11?,12-,13-/m0/s1. The molecule has 0 fully saturated rings. The molecule has 0 aromatic carbocycles. The first-order valence-electron chi connectivity index (χ1n) is 6.39. The van der Waals surface area contributed by atoms with Crippen LogP contribution in [0.25, 0.3) is 0 Å². The quantitative estimate of drug-likeness (QED) is 0.588. The zero-order valence-corrected chi connectivity index (χ0v) is 10.6. The van der Waals surface area contributed by atoms with E-state index in [9.17, 15) is 0 Å². The van der Waals surface area contributed by atoms with Gasteiger partial charge in [-0.2, -0.15) is 0 Å². The molecule has 2 N–H and O–H groups in total. The van der Waals surface area contributed by atoms with Crippen LogP contribution in [0.3, 0.4) is 0 Å². The minimum absolute atomic E-state index is 0.409. The first kappa shape index (κ1) is 14.0. The number of unbranched alkanes of at least 4 members (excludes halogenated alkanes) is 2. The van der Waals surface area contributed by atoms with Crippen LogP contribution in [-0.2, 0) is 0 Å². The van der Waals surface area contributed by atoms with Crippen LogP contribution in [0.1, 0.15) is 66.2 Å². The van der Waals surface area contributed by atoms with Crippen LogP contribution in [0.15, 0.2) is 0 Å². The van der Waals surface area contributed by atoms with Gasteiger partial charge in [0.05, 0.1) is 0 Å². The molecule has 0 radical (unpaired) electrons. The lowest BCUT2D eigenvalue weighted by molar-refractivity contribution is 0.307. The third-order valence-electron chi connectivity index (χ3n) is 3.32. The van der Waals surface area contributed by atoms with E-state index >= 15 is 0 Å². The monoisotopic (exact) mass is 199 g/mol. The first-order valence-corrected chi connectivity index (χ1v) is 6.39. The average Bonchev–Trinajstić information content (AvgIpc) is 2.17. The molecule has 3 atom stereocenters. The second-order valence-corrected chi connectivity index (χ2v) is 4.82. The van der Waals surface area contributed by atoms with Gasteiger partial charge in [0.2, 0.25) is 0 Å². The van der Waals surface area contributed by atoms with Crippen LogP contribution in [-0.4, -0.2) is 6.04 Å². The normalized spacial score (nSPS) is 17.8. The van der Waals surface area contributed by atoms with E-state index in [1.807, 2.05) is 0 Å². The van der Waals surface area contributed by atoms with Crippen molar-refractivity contribution in [3.8, 4) is 0 Å². The van der Waals surface area contributed by atoms with Crippen molar-refractivity contribution in [1.29, 1.82) is 0 Å². The highest BCUT2D eigenvalue weighted by Crippen LogP contribution is 2.20. The molecule has 1 heteroatoms. The average molecular weight is 199 g/mol. The van der Waals surface area contributed by atoms with Crippen molar-refractivity contribution < 1.29 is 0 Å². The van der Waals surface area contributed by atoms with Gasteiger partial charge >= 0.3 is 0 Å². The largest absolute Gasteiger partial charge is 0.327 e. The van der Waals surface area contributed by atoms with Crippen molar-refractivity contribution in [1.82, 2.24) is 0 Å². The van der Waals surface area contributed by atoms with E-state index in [-0.39, 0.29) is 0 Å². The summed E-state index contributed by atoms with van der Waals surface area (Å²) in [7, 11) is 0. The van der Waals surface area contributed by atoms with Gasteiger partial charge in [0, 0.05) is 6.04 Å². The van der Waals surface area contributed by atoms with Gasteiger partial charge in [0.25, 0.3) is 0 Å². The molecule has 0 amide bonds. The van der Waals surface area contributed by atoms with Gasteiger partial charge < -0.3 is 5.73 Å². The summed E-state index contributed by atoms with van der Waals surface area (Å²) in [6.45, 7) is 9.10. The van der Waals surface area contributed by atoms with Crippen LogP contribution in [0.2, 0.25) is 0 Å². The second-order valence-electron chi connectivity index (χ2n) is 4.82. The third-order valence-corrected chi connectivity index (χ3v) is 3.32. The summed E-state index contributed by atoms with van der Waals surface area (Å²) in [6, 6.07) is 0.409. The van der Waals surface area contributed by atoms with Crippen molar-refractivity contribution in [2.45, 2.75) is 72.3 Å². The Morgan fingerprint density at radius 2 is 1.43 bits per heavy atom. The van der Waals surface area contributed by atoms with E-state index in [1.54, 1.807) is 0 Å². The molecule has 1 nitrogen and oxygen atoms in total. The smallest absolute Gasteiger partial charge is 0.00903 e. The van der Waals surface area contributed by atoms with Gasteiger partial charge in [-0.25, -0.2) is 0 Å². The molecule has 0 heterocycles. The van der Waals surface area contributed by atoms with Crippen molar-refractivity contribution in [3.05, 3.63) is 0 Å². The topological polar surface area (TPSA) is 26.0 Å². The fourth-order valence-electron chi connectivity index (χ4n) is 2.12. The summed E-state index contributed by atoms with van der Waals surface area (Å²) >= 11 is 0. The molecule has 0 saturated carbocycles. The van der Waals surface area contributed by atoms with E-state index < -0.39 is 0 Å². The summed E-state index contributed by atoms with van der Waals surface area (Å²) < 4.78 is 0. The Hall–Kier alpha value is -0.0400. The molecule has 0 saturated heterocycles. The summed E-state index contributed by atoms with van der Waals surface area (Å²) in [5.41, 5.74) is 6.23. The van der Waals surface area contributed by atoms with Crippen LogP contribution in [0.4, 0.5) is 0 Å². The zero-order valence-electron chi connectivity index (χ0n) is 10.6. The van der Waals surface area contributed by atoms with E-state index in [0.29, 0.717) is 17.9 Å². The molecule has 14 heavy (non-hydrogen) atoms. The summed E-state index contributed by atoms with van der Waals surface area (Å²) in [4.78, 5) is 0. The van der Waals surface area contributed by atoms with Gasteiger partial charge in [0.15, 0.2) is 0 Å². The van der Waals surface area contributed by atoms with E-state index in [4.69, 9.17) is 5.73 Å². The molecule has 0 aliphatic heterocycles. The van der Waals surface area contributed by atoms with Crippen LogP contribution >= 0.6 is 0 Å². The van der Waals surface area contributed by atoms with Gasteiger partial charge in [-0.15, -0.1) is 0 Å². The third kappa shape index (κ3) is 5.64. The van der Waals surface area contributed by atoms with E-state index in [1.165, 1.54) is 38.5 Å². The Balaban J connectivity index is 3.68. The molecule has 0 aliphatic carbocycles. The predicted molar refractivity (Wildman–Crippen MR) is 65.4 cm³/mol. The van der Waals surface area contributed by atoms with Gasteiger partial charge in [-0.1, -0.05) is 53.4 Å². The summed E-state index contributed by atoms with van der Waals surface area (Å²) in [5.74, 6) is 1.39. The molecule has 0 spiro atoms. The van der Waals surface area contributed by atoms with Crippen LogP contribution in [0, 0.1) is 11.8 Å². The predicted octanol–water partition coefficient (Wildman–Crippen LogP) is 3.97. The Morgan fingerprint density at radius 3 is 1.93 bits per heavy atom. The van der Waals surface area contributed by atoms with Crippen LogP contribution < -0.4 is 5.73 Å². The molecule has 86 valence electrons. The highest BCUT2D eigenvalue weighted by Gasteiger charge is 2.18. The van der Waals surface area contributed by atoms with E-state index in [0.717, 1.165) is 0 Å². The van der Waals surface area contributed by atoms with E-state index in [2.05, 4.69) is 27.7 Å². The molecule has 0 aliphatic rings. The maximum Gasteiger partial charge on any atom is 0.00903 e. The first-order chi connectivity index (χ1) is 6.63. The maximum atomic E-state index is 6.23. The number of hydrogen-bond acceptors (Lipinski definition) is 1. The van der Waals surface area contributed by atoms with Gasteiger partial charge in [0.1, 0.15) is 0 Å². The number of hydrogen-bond donors (Lipinski definition) is 1. The zero-order chi connectivity index (χ0) is 11.0. The fraction of sp³-hybridized carbons (Fsp3) is 1.00. The molecular formula is C13H29N. The maximum absolute atomic E-state index is 6.23. The van der Waals surface area contributed by atoms with Crippen molar-refractivity contribution >= 4 is 0 Å². The Bertz CT molecular complexity index is 122. The Kier molecular flexibility index (Phi) is 8.26. The molecular weight excluding hydrogens is 170 g/mol. The summed E-state index contributed by atoms with van der Waals surface area (Å²) in [6.07, 6.45) is 7.87. The lowest BCUT2D eigenvalue weighted by Crippen LogP contribution is -2.34. The van der Waals surface area contributed by atoms with Gasteiger partial charge in [-0.3, -0.25) is 0 Å². The number of nitrogens with two attached hydrogens (primary N) is 1. The highest BCUT2D eigenvalue weighted by atomic mass is 14.7. The highest BCUT2D eigenvalue weighted by molar-refractivity contribution is 4.74. The molecule has 0 bridgehead atoms. The summed E-state index contributed by atoms with van der Waals surface area (Å²) in [5, 5.41) is 0.